The molecule has 0 bridgehead atoms. The van der Waals surface area contributed by atoms with Gasteiger partial charge in [0.05, 0.1) is 4.90 Å². The third-order valence-corrected chi connectivity index (χ3v) is 2.70. The van der Waals surface area contributed by atoms with Gasteiger partial charge >= 0.3 is 6.09 Å². The SMILES string of the molecule is Cc1ccc(S(=O)ONC(=O)OC(C)(C)C)cc1. The highest BCUT2D eigenvalue weighted by atomic mass is 32.2. The molecule has 1 atom stereocenters. The minimum Gasteiger partial charge on any atom is -0.442 e. The molecule has 18 heavy (non-hydrogen) atoms. The number of amides is 1. The number of hydrogen-bond donors (Lipinski definition) is 1. The Morgan fingerprint density at radius 1 is 1.22 bits per heavy atom. The predicted molar refractivity (Wildman–Crippen MR) is 68.0 cm³/mol. The number of rotatable bonds is 3. The standard InChI is InChI=1S/C12H17NO4S/c1-9-5-7-10(8-6-9)18(15)17-13-11(14)16-12(2,3)4/h5-8H,1-4H3,(H,13,14). The molecule has 6 heteroatoms. The van der Waals surface area contributed by atoms with Crippen LogP contribution in [0.4, 0.5) is 4.79 Å². The lowest BCUT2D eigenvalue weighted by atomic mass is 10.2. The van der Waals surface area contributed by atoms with E-state index in [0.29, 0.717) is 4.90 Å². The summed E-state index contributed by atoms with van der Waals surface area (Å²) in [5.74, 6) is 0. The number of carbonyl (C=O) groups is 1. The first-order chi connectivity index (χ1) is 8.28. The molecule has 1 rings (SSSR count). The van der Waals surface area contributed by atoms with Crippen LogP contribution in [0.25, 0.3) is 0 Å². The zero-order valence-electron chi connectivity index (χ0n) is 10.9. The quantitative estimate of drug-likeness (QED) is 0.858. The molecule has 0 spiro atoms. The largest absolute Gasteiger partial charge is 0.442 e. The van der Waals surface area contributed by atoms with Gasteiger partial charge in [0.15, 0.2) is 0 Å². The molecule has 1 aromatic carbocycles. The summed E-state index contributed by atoms with van der Waals surface area (Å²) in [6.45, 7) is 7.10. The highest BCUT2D eigenvalue weighted by Crippen LogP contribution is 2.09. The van der Waals surface area contributed by atoms with Crippen molar-refractivity contribution in [2.75, 3.05) is 0 Å². The molecular formula is C12H17NO4S. The van der Waals surface area contributed by atoms with Crippen molar-refractivity contribution < 1.29 is 18.0 Å². The number of ether oxygens (including phenoxy) is 1. The van der Waals surface area contributed by atoms with Crippen molar-refractivity contribution in [3.8, 4) is 0 Å². The lowest BCUT2D eigenvalue weighted by Crippen LogP contribution is -2.33. The van der Waals surface area contributed by atoms with E-state index in [-0.39, 0.29) is 0 Å². The van der Waals surface area contributed by atoms with Gasteiger partial charge < -0.3 is 4.74 Å². The summed E-state index contributed by atoms with van der Waals surface area (Å²) in [4.78, 5) is 11.7. The van der Waals surface area contributed by atoms with Crippen molar-refractivity contribution in [2.24, 2.45) is 0 Å². The monoisotopic (exact) mass is 271 g/mol. The highest BCUT2D eigenvalue weighted by Gasteiger charge is 2.17. The normalized spacial score (nSPS) is 12.9. The van der Waals surface area contributed by atoms with Crippen molar-refractivity contribution in [1.29, 1.82) is 0 Å². The van der Waals surface area contributed by atoms with Crippen LogP contribution < -0.4 is 5.48 Å². The molecule has 0 heterocycles. The van der Waals surface area contributed by atoms with Crippen LogP contribution in [-0.2, 0) is 20.1 Å². The van der Waals surface area contributed by atoms with Gasteiger partial charge in [0.1, 0.15) is 5.60 Å². The Morgan fingerprint density at radius 2 is 1.78 bits per heavy atom. The van der Waals surface area contributed by atoms with E-state index in [1.54, 1.807) is 32.9 Å². The van der Waals surface area contributed by atoms with Gasteiger partial charge in [0.25, 0.3) is 0 Å². The van der Waals surface area contributed by atoms with E-state index in [1.807, 2.05) is 24.5 Å². The second kappa shape index (κ2) is 5.97. The Morgan fingerprint density at radius 3 is 2.28 bits per heavy atom. The fourth-order valence-corrected chi connectivity index (χ4v) is 1.67. The maximum absolute atomic E-state index is 11.6. The summed E-state index contributed by atoms with van der Waals surface area (Å²) in [6.07, 6.45) is -0.775. The third kappa shape index (κ3) is 5.29. The smallest absolute Gasteiger partial charge is 0.432 e. The van der Waals surface area contributed by atoms with Gasteiger partial charge in [-0.3, -0.25) is 0 Å². The van der Waals surface area contributed by atoms with Crippen LogP contribution in [0.15, 0.2) is 29.2 Å². The van der Waals surface area contributed by atoms with E-state index >= 15 is 0 Å². The molecule has 0 saturated carbocycles. The van der Waals surface area contributed by atoms with Gasteiger partial charge in [-0.15, -0.1) is 0 Å². The highest BCUT2D eigenvalue weighted by molar-refractivity contribution is 7.80. The van der Waals surface area contributed by atoms with Crippen LogP contribution in [0, 0.1) is 6.92 Å². The van der Waals surface area contributed by atoms with E-state index in [0.717, 1.165) is 5.56 Å². The molecule has 0 aliphatic carbocycles. The number of hydrogen-bond acceptors (Lipinski definition) is 4. The Bertz CT molecular complexity index is 436. The van der Waals surface area contributed by atoms with Crippen molar-refractivity contribution in [1.82, 2.24) is 5.48 Å². The molecule has 0 fully saturated rings. The Balaban J connectivity index is 2.47. The Kier molecular flexibility index (Phi) is 4.86. The minimum absolute atomic E-state index is 0.469. The van der Waals surface area contributed by atoms with Crippen LogP contribution in [0.3, 0.4) is 0 Å². The molecule has 0 aliphatic heterocycles. The van der Waals surface area contributed by atoms with E-state index < -0.39 is 22.8 Å². The van der Waals surface area contributed by atoms with Gasteiger partial charge in [-0.2, -0.15) is 9.76 Å². The van der Waals surface area contributed by atoms with Crippen LogP contribution in [0.2, 0.25) is 0 Å². The first-order valence-corrected chi connectivity index (χ1v) is 6.50. The zero-order valence-corrected chi connectivity index (χ0v) is 11.7. The summed E-state index contributed by atoms with van der Waals surface area (Å²) in [6, 6.07) is 6.96. The molecule has 0 radical (unpaired) electrons. The average Bonchev–Trinajstić information content (AvgIpc) is 2.24. The van der Waals surface area contributed by atoms with Crippen molar-refractivity contribution in [2.45, 2.75) is 38.2 Å². The van der Waals surface area contributed by atoms with Gasteiger partial charge in [-0.05, 0) is 39.8 Å². The van der Waals surface area contributed by atoms with Crippen LogP contribution in [-0.4, -0.2) is 15.9 Å². The van der Waals surface area contributed by atoms with Crippen molar-refractivity contribution in [3.05, 3.63) is 29.8 Å². The number of benzene rings is 1. The summed E-state index contributed by atoms with van der Waals surface area (Å²) < 4.78 is 21.3. The Hall–Kier alpha value is -1.40. The number of aryl methyl sites for hydroxylation is 1. The maximum Gasteiger partial charge on any atom is 0.432 e. The lowest BCUT2D eigenvalue weighted by molar-refractivity contribution is 0.0312. The molecule has 5 nitrogen and oxygen atoms in total. The van der Waals surface area contributed by atoms with Crippen LogP contribution >= 0.6 is 0 Å². The maximum atomic E-state index is 11.6. The van der Waals surface area contributed by atoms with Crippen molar-refractivity contribution in [3.63, 3.8) is 0 Å². The summed E-state index contributed by atoms with van der Waals surface area (Å²) in [7, 11) is 0. The van der Waals surface area contributed by atoms with Gasteiger partial charge in [-0.1, -0.05) is 17.7 Å². The average molecular weight is 271 g/mol. The Labute approximate surface area is 109 Å². The number of nitrogens with one attached hydrogen (secondary N) is 1. The number of carbonyl (C=O) groups excluding carboxylic acids is 1. The fourth-order valence-electron chi connectivity index (χ4n) is 1.07. The third-order valence-electron chi connectivity index (χ3n) is 1.81. The molecule has 0 aliphatic rings. The molecule has 1 N–H and O–H groups in total. The van der Waals surface area contributed by atoms with Gasteiger partial charge in [-0.25, -0.2) is 9.00 Å². The van der Waals surface area contributed by atoms with Gasteiger partial charge in [0, 0.05) is 0 Å². The molecule has 1 aromatic rings. The molecule has 1 amide bonds. The minimum atomic E-state index is -1.75. The summed E-state index contributed by atoms with van der Waals surface area (Å²) >= 11 is -1.75. The van der Waals surface area contributed by atoms with Gasteiger partial charge in [0.2, 0.25) is 11.1 Å². The first-order valence-electron chi connectivity index (χ1n) is 5.43. The van der Waals surface area contributed by atoms with Crippen LogP contribution in [0.5, 0.6) is 0 Å². The van der Waals surface area contributed by atoms with Crippen molar-refractivity contribution >= 4 is 17.2 Å². The molecular weight excluding hydrogens is 254 g/mol. The molecule has 1 unspecified atom stereocenters. The second-order valence-corrected chi connectivity index (χ2v) is 5.84. The zero-order chi connectivity index (χ0) is 13.8. The van der Waals surface area contributed by atoms with Crippen LogP contribution in [0.1, 0.15) is 26.3 Å². The second-order valence-electron chi connectivity index (χ2n) is 4.74. The van der Waals surface area contributed by atoms with E-state index in [9.17, 15) is 9.00 Å². The molecule has 100 valence electrons. The van der Waals surface area contributed by atoms with E-state index in [4.69, 9.17) is 9.02 Å². The number of hydroxylamine groups is 1. The predicted octanol–water partition coefficient (Wildman–Crippen LogP) is 2.47. The summed E-state index contributed by atoms with van der Waals surface area (Å²) in [5.41, 5.74) is 2.42. The lowest BCUT2D eigenvalue weighted by Gasteiger charge is -2.19. The van der Waals surface area contributed by atoms with E-state index in [2.05, 4.69) is 0 Å². The molecule has 0 aromatic heterocycles. The summed E-state index contributed by atoms with van der Waals surface area (Å²) in [5, 5.41) is 0. The fraction of sp³-hybridized carbons (Fsp3) is 0.417. The first kappa shape index (κ1) is 14.7. The molecule has 0 saturated heterocycles. The topological polar surface area (TPSA) is 64.6 Å². The van der Waals surface area contributed by atoms with E-state index in [1.165, 1.54) is 0 Å².